The van der Waals surface area contributed by atoms with Crippen molar-refractivity contribution in [2.24, 2.45) is 0 Å². The van der Waals surface area contributed by atoms with E-state index in [9.17, 15) is 18.0 Å². The summed E-state index contributed by atoms with van der Waals surface area (Å²) >= 11 is 0. The van der Waals surface area contributed by atoms with Crippen molar-refractivity contribution in [1.82, 2.24) is 24.6 Å². The maximum atomic E-state index is 12.3. The van der Waals surface area contributed by atoms with Gasteiger partial charge in [0.2, 0.25) is 0 Å². The van der Waals surface area contributed by atoms with Crippen molar-refractivity contribution in [3.8, 4) is 16.8 Å². The first kappa shape index (κ1) is 22.3. The number of methoxy groups -OCH3 is 1. The number of imidazole rings is 1. The molecule has 2 aromatic carbocycles. The van der Waals surface area contributed by atoms with Crippen molar-refractivity contribution in [2.45, 2.75) is 19.3 Å². The van der Waals surface area contributed by atoms with E-state index < -0.39 is 18.8 Å². The highest BCUT2D eigenvalue weighted by molar-refractivity contribution is 5.90. The molecule has 8 nitrogen and oxygen atoms in total. The molecule has 0 aliphatic rings. The zero-order valence-corrected chi connectivity index (χ0v) is 17.8. The lowest BCUT2D eigenvalue weighted by atomic mass is 10.1. The van der Waals surface area contributed by atoms with Crippen LogP contribution in [0.15, 0.2) is 61.2 Å². The van der Waals surface area contributed by atoms with Crippen molar-refractivity contribution in [3.05, 3.63) is 61.2 Å². The number of fused-ring (bicyclic) bond motifs is 1. The molecule has 4 aromatic rings. The molecule has 1 unspecified atom stereocenters. The van der Waals surface area contributed by atoms with Gasteiger partial charge in [0.25, 0.3) is 0 Å². The number of carbonyl (C=O) groups excluding carboxylic acids is 1. The van der Waals surface area contributed by atoms with Gasteiger partial charge in [0.1, 0.15) is 19.1 Å². The number of carbonyl (C=O) groups is 1. The Morgan fingerprint density at radius 3 is 2.76 bits per heavy atom. The van der Waals surface area contributed by atoms with Gasteiger partial charge in [-0.05, 0) is 42.8 Å². The first-order valence-electron chi connectivity index (χ1n) is 10.00. The van der Waals surface area contributed by atoms with Gasteiger partial charge in [-0.15, -0.1) is 0 Å². The summed E-state index contributed by atoms with van der Waals surface area (Å²) in [5, 5.41) is 8.51. The first-order chi connectivity index (χ1) is 15.7. The summed E-state index contributed by atoms with van der Waals surface area (Å²) in [7, 11) is 1.62. The Balaban J connectivity index is 1.55. The summed E-state index contributed by atoms with van der Waals surface area (Å²) in [6.07, 6.45) is 0.637. The highest BCUT2D eigenvalue weighted by Crippen LogP contribution is 2.27. The van der Waals surface area contributed by atoms with Gasteiger partial charge in [-0.1, -0.05) is 12.1 Å². The molecule has 1 atom stereocenters. The number of alkyl halides is 3. The summed E-state index contributed by atoms with van der Waals surface area (Å²) in [5.74, 6) is 0. The summed E-state index contributed by atoms with van der Waals surface area (Å²) in [6, 6.07) is 11.6. The number of urea groups is 1. The highest BCUT2D eigenvalue weighted by atomic mass is 19.4. The Bertz CT molecular complexity index is 1280. The molecule has 0 radical (unpaired) electrons. The molecule has 0 aliphatic heterocycles. The number of benzene rings is 2. The molecule has 2 heterocycles. The van der Waals surface area contributed by atoms with Gasteiger partial charge >= 0.3 is 12.2 Å². The van der Waals surface area contributed by atoms with Crippen LogP contribution in [-0.4, -0.2) is 45.2 Å². The summed E-state index contributed by atoms with van der Waals surface area (Å²) < 4.78 is 45.7. The zero-order chi connectivity index (χ0) is 23.6. The maximum Gasteiger partial charge on any atom is 0.405 e. The lowest BCUT2D eigenvalue weighted by molar-refractivity contribution is -0.122. The van der Waals surface area contributed by atoms with Crippen molar-refractivity contribution in [2.75, 3.05) is 19.0 Å². The summed E-state index contributed by atoms with van der Waals surface area (Å²) in [4.78, 5) is 16.2. The van der Waals surface area contributed by atoms with Crippen LogP contribution in [0.3, 0.4) is 0 Å². The third-order valence-corrected chi connectivity index (χ3v) is 5.03. The largest absolute Gasteiger partial charge is 0.405 e. The average molecular weight is 458 g/mol. The van der Waals surface area contributed by atoms with Gasteiger partial charge in [-0.3, -0.25) is 4.57 Å². The van der Waals surface area contributed by atoms with Crippen molar-refractivity contribution < 1.29 is 22.7 Å². The second kappa shape index (κ2) is 8.94. The third-order valence-electron chi connectivity index (χ3n) is 5.03. The van der Waals surface area contributed by atoms with Gasteiger partial charge in [0, 0.05) is 30.2 Å². The van der Waals surface area contributed by atoms with Crippen LogP contribution in [0.2, 0.25) is 0 Å². The second-order valence-electron chi connectivity index (χ2n) is 7.34. The average Bonchev–Trinajstić information content (AvgIpc) is 3.44. The van der Waals surface area contributed by atoms with Crippen LogP contribution in [0.4, 0.5) is 23.7 Å². The van der Waals surface area contributed by atoms with Crippen molar-refractivity contribution in [3.63, 3.8) is 0 Å². The van der Waals surface area contributed by atoms with E-state index in [1.54, 1.807) is 47.8 Å². The van der Waals surface area contributed by atoms with E-state index in [1.165, 1.54) is 0 Å². The van der Waals surface area contributed by atoms with Crippen molar-refractivity contribution in [1.29, 1.82) is 0 Å². The minimum absolute atomic E-state index is 0.182. The van der Waals surface area contributed by atoms with Crippen LogP contribution >= 0.6 is 0 Å². The van der Waals surface area contributed by atoms with E-state index in [1.807, 2.05) is 42.0 Å². The molecule has 4 rings (SSSR count). The predicted octanol–water partition coefficient (Wildman–Crippen LogP) is 4.74. The Morgan fingerprint density at radius 1 is 1.18 bits per heavy atom. The number of nitrogens with one attached hydrogen (secondary N) is 2. The molecule has 0 spiro atoms. The van der Waals surface area contributed by atoms with E-state index in [4.69, 9.17) is 4.74 Å². The molecular formula is C22H21F3N6O2. The number of aromatic nitrogens is 4. The van der Waals surface area contributed by atoms with Crippen LogP contribution in [0.25, 0.3) is 27.8 Å². The van der Waals surface area contributed by atoms with E-state index in [2.05, 4.69) is 15.4 Å². The standard InChI is InChI=1S/C22H21F3N6O2/c1-14(33-2)31-11-16(10-28-31)15-6-7-20-19(8-15)27-13-30(20)18-5-3-4-17(9-18)29-21(32)26-12-22(23,24)25/h3-11,13-14H,12H2,1-2H3,(H2,26,29,32). The number of rotatable bonds is 6. The van der Waals surface area contributed by atoms with Crippen LogP contribution in [-0.2, 0) is 4.74 Å². The fourth-order valence-electron chi connectivity index (χ4n) is 3.28. The molecule has 11 heteroatoms. The SMILES string of the molecule is COC(C)n1cc(-c2ccc3c(c2)ncn3-c2cccc(NC(=O)NCC(F)(F)F)c2)cn1. The normalized spacial score (nSPS) is 12.6. The number of amides is 2. The number of anilines is 1. The number of hydrogen-bond acceptors (Lipinski definition) is 4. The van der Waals surface area contributed by atoms with E-state index in [-0.39, 0.29) is 6.23 Å². The minimum Gasteiger partial charge on any atom is -0.360 e. The molecule has 2 aromatic heterocycles. The Morgan fingerprint density at radius 2 is 2.00 bits per heavy atom. The molecule has 172 valence electrons. The number of hydrogen-bond donors (Lipinski definition) is 2. The number of halogens is 3. The van der Waals surface area contributed by atoms with Gasteiger partial charge in [-0.25, -0.2) is 14.5 Å². The summed E-state index contributed by atoms with van der Waals surface area (Å²) in [5.41, 5.74) is 4.49. The van der Waals surface area contributed by atoms with Crippen LogP contribution < -0.4 is 10.6 Å². The molecule has 0 saturated carbocycles. The van der Waals surface area contributed by atoms with Crippen LogP contribution in [0.1, 0.15) is 13.2 Å². The third kappa shape index (κ3) is 5.14. The molecule has 0 fully saturated rings. The quantitative estimate of drug-likeness (QED) is 0.437. The fraction of sp³-hybridized carbons (Fsp3) is 0.227. The van der Waals surface area contributed by atoms with Gasteiger partial charge in [0.05, 0.1) is 17.2 Å². The van der Waals surface area contributed by atoms with Crippen molar-refractivity contribution >= 4 is 22.8 Å². The molecule has 0 bridgehead atoms. The second-order valence-corrected chi connectivity index (χ2v) is 7.34. The topological polar surface area (TPSA) is 86.0 Å². The van der Waals surface area contributed by atoms with Gasteiger partial charge < -0.3 is 15.4 Å². The molecule has 33 heavy (non-hydrogen) atoms. The Hall–Kier alpha value is -3.86. The van der Waals surface area contributed by atoms with E-state index in [0.717, 1.165) is 22.2 Å². The first-order valence-corrected chi connectivity index (χ1v) is 10.00. The molecule has 0 saturated heterocycles. The van der Waals surface area contributed by atoms with Crippen LogP contribution in [0.5, 0.6) is 0 Å². The molecular weight excluding hydrogens is 437 g/mol. The Labute approximate surface area is 187 Å². The predicted molar refractivity (Wildman–Crippen MR) is 117 cm³/mol. The smallest absolute Gasteiger partial charge is 0.360 e. The number of ether oxygens (including phenoxy) is 1. The fourth-order valence-corrected chi connectivity index (χ4v) is 3.28. The molecule has 2 N–H and O–H groups in total. The Kier molecular flexibility index (Phi) is 6.05. The minimum atomic E-state index is -4.48. The maximum absolute atomic E-state index is 12.3. The monoisotopic (exact) mass is 458 g/mol. The van der Waals surface area contributed by atoms with E-state index >= 15 is 0 Å². The van der Waals surface area contributed by atoms with Gasteiger partial charge in [-0.2, -0.15) is 18.3 Å². The zero-order valence-electron chi connectivity index (χ0n) is 17.8. The molecule has 0 aliphatic carbocycles. The number of nitrogens with zero attached hydrogens (tertiary/aromatic N) is 4. The summed E-state index contributed by atoms with van der Waals surface area (Å²) in [6.45, 7) is 0.487. The lowest BCUT2D eigenvalue weighted by Gasteiger charge is -2.11. The molecule has 2 amide bonds. The van der Waals surface area contributed by atoms with Crippen LogP contribution in [0, 0.1) is 0 Å². The lowest BCUT2D eigenvalue weighted by Crippen LogP contribution is -2.36. The van der Waals surface area contributed by atoms with Gasteiger partial charge in [0.15, 0.2) is 0 Å². The van der Waals surface area contributed by atoms with E-state index in [0.29, 0.717) is 11.4 Å². The highest BCUT2D eigenvalue weighted by Gasteiger charge is 2.27.